The molecule has 1 aromatic carbocycles. The highest BCUT2D eigenvalue weighted by molar-refractivity contribution is 9.13. The minimum atomic E-state index is -0.167. The van der Waals surface area contributed by atoms with Crippen LogP contribution in [-0.4, -0.2) is 29.9 Å². The van der Waals surface area contributed by atoms with Crippen LogP contribution in [0.2, 0.25) is 0 Å². The highest BCUT2D eigenvalue weighted by Gasteiger charge is 2.13. The van der Waals surface area contributed by atoms with Gasteiger partial charge in [0, 0.05) is 45.1 Å². The van der Waals surface area contributed by atoms with E-state index in [2.05, 4.69) is 47.5 Å². The number of hydrogen-bond donors (Lipinski definition) is 3. The van der Waals surface area contributed by atoms with Crippen LogP contribution in [0.3, 0.4) is 0 Å². The number of aromatic nitrogens is 1. The molecular weight excluding hydrogens is 414 g/mol. The molecule has 0 aliphatic heterocycles. The fraction of sp³-hybridized carbons (Fsp3) is 0.333. The second kappa shape index (κ2) is 7.28. The van der Waals surface area contributed by atoms with Gasteiger partial charge in [-0.2, -0.15) is 0 Å². The van der Waals surface area contributed by atoms with Crippen LogP contribution in [0.1, 0.15) is 24.2 Å². The molecule has 0 aliphatic carbocycles. The number of amides is 2. The lowest BCUT2D eigenvalue weighted by atomic mass is 10.1. The Labute approximate surface area is 145 Å². The standard InChI is InChI=1S/C15H17Br2N3O2/c1-8(2)14(21)18-3-4-19-15(22)10-7-20-13-6-12(17)11(16)5-9(10)13/h5-8,20H,3-4H2,1-2H3,(H,18,21)(H,19,22). The van der Waals surface area contributed by atoms with E-state index >= 15 is 0 Å². The summed E-state index contributed by atoms with van der Waals surface area (Å²) in [7, 11) is 0. The van der Waals surface area contributed by atoms with E-state index in [0.29, 0.717) is 18.7 Å². The summed E-state index contributed by atoms with van der Waals surface area (Å²) >= 11 is 6.87. The molecule has 0 bridgehead atoms. The van der Waals surface area contributed by atoms with E-state index in [1.165, 1.54) is 0 Å². The fourth-order valence-corrected chi connectivity index (χ4v) is 2.65. The topological polar surface area (TPSA) is 74.0 Å². The highest BCUT2D eigenvalue weighted by atomic mass is 79.9. The van der Waals surface area contributed by atoms with Crippen molar-refractivity contribution in [3.8, 4) is 0 Å². The molecule has 0 saturated heterocycles. The second-order valence-corrected chi connectivity index (χ2v) is 6.92. The van der Waals surface area contributed by atoms with Gasteiger partial charge in [0.1, 0.15) is 0 Å². The molecule has 0 fully saturated rings. The summed E-state index contributed by atoms with van der Waals surface area (Å²) in [4.78, 5) is 26.7. The Kier molecular flexibility index (Phi) is 5.63. The van der Waals surface area contributed by atoms with Crippen LogP contribution >= 0.6 is 31.9 Å². The molecular formula is C15H17Br2N3O2. The lowest BCUT2D eigenvalue weighted by molar-refractivity contribution is -0.123. The van der Waals surface area contributed by atoms with Crippen LogP contribution in [0, 0.1) is 5.92 Å². The Morgan fingerprint density at radius 2 is 1.77 bits per heavy atom. The summed E-state index contributed by atoms with van der Waals surface area (Å²) in [5, 5.41) is 6.41. The van der Waals surface area contributed by atoms with Gasteiger partial charge in [0.25, 0.3) is 5.91 Å². The van der Waals surface area contributed by atoms with Crippen molar-refractivity contribution in [2.24, 2.45) is 5.92 Å². The summed E-state index contributed by atoms with van der Waals surface area (Å²) < 4.78 is 1.81. The summed E-state index contributed by atoms with van der Waals surface area (Å²) in [6, 6.07) is 3.81. The molecule has 0 saturated carbocycles. The number of aromatic amines is 1. The van der Waals surface area contributed by atoms with Crippen LogP contribution in [0.15, 0.2) is 27.3 Å². The van der Waals surface area contributed by atoms with Crippen LogP contribution in [0.4, 0.5) is 0 Å². The molecule has 0 radical (unpaired) electrons. The molecule has 7 heteroatoms. The van der Waals surface area contributed by atoms with Crippen molar-refractivity contribution in [1.29, 1.82) is 0 Å². The summed E-state index contributed by atoms with van der Waals surface area (Å²) in [6.45, 7) is 4.47. The van der Waals surface area contributed by atoms with Crippen LogP contribution in [-0.2, 0) is 4.79 Å². The smallest absolute Gasteiger partial charge is 0.253 e. The second-order valence-electron chi connectivity index (χ2n) is 5.22. The van der Waals surface area contributed by atoms with E-state index < -0.39 is 0 Å². The number of rotatable bonds is 5. The minimum absolute atomic E-state index is 0.0184. The van der Waals surface area contributed by atoms with Crippen LogP contribution in [0.25, 0.3) is 10.9 Å². The molecule has 0 aliphatic rings. The van der Waals surface area contributed by atoms with E-state index in [9.17, 15) is 9.59 Å². The van der Waals surface area contributed by atoms with Crippen molar-refractivity contribution in [2.75, 3.05) is 13.1 Å². The lowest BCUT2D eigenvalue weighted by Crippen LogP contribution is -2.36. The molecule has 5 nitrogen and oxygen atoms in total. The molecule has 2 aromatic rings. The molecule has 0 unspecified atom stereocenters. The average molecular weight is 431 g/mol. The maximum Gasteiger partial charge on any atom is 0.253 e. The minimum Gasteiger partial charge on any atom is -0.360 e. The molecule has 1 aromatic heterocycles. The largest absolute Gasteiger partial charge is 0.360 e. The lowest BCUT2D eigenvalue weighted by Gasteiger charge is -2.08. The zero-order valence-electron chi connectivity index (χ0n) is 12.3. The van der Waals surface area contributed by atoms with Crippen LogP contribution in [0.5, 0.6) is 0 Å². The van der Waals surface area contributed by atoms with Crippen molar-refractivity contribution in [2.45, 2.75) is 13.8 Å². The van der Waals surface area contributed by atoms with Gasteiger partial charge in [-0.15, -0.1) is 0 Å². The number of hydrogen-bond acceptors (Lipinski definition) is 2. The summed E-state index contributed by atoms with van der Waals surface area (Å²) in [5.74, 6) is -0.241. The number of fused-ring (bicyclic) bond motifs is 1. The molecule has 2 rings (SSSR count). The van der Waals surface area contributed by atoms with E-state index in [0.717, 1.165) is 19.8 Å². The number of benzene rings is 1. The zero-order valence-corrected chi connectivity index (χ0v) is 15.5. The third-order valence-electron chi connectivity index (χ3n) is 3.20. The van der Waals surface area contributed by atoms with Crippen LogP contribution < -0.4 is 10.6 Å². The Morgan fingerprint density at radius 3 is 2.45 bits per heavy atom. The third-order valence-corrected chi connectivity index (χ3v) is 5.05. The summed E-state index contributed by atoms with van der Waals surface area (Å²) in [6.07, 6.45) is 1.69. The van der Waals surface area contributed by atoms with Crippen molar-refractivity contribution >= 4 is 54.6 Å². The van der Waals surface area contributed by atoms with Gasteiger partial charge < -0.3 is 15.6 Å². The van der Waals surface area contributed by atoms with Gasteiger partial charge in [0.15, 0.2) is 0 Å². The van der Waals surface area contributed by atoms with Gasteiger partial charge in [-0.05, 0) is 44.0 Å². The predicted molar refractivity (Wildman–Crippen MR) is 93.9 cm³/mol. The Hall–Kier alpha value is -1.34. The van der Waals surface area contributed by atoms with Gasteiger partial charge in [0.05, 0.1) is 5.56 Å². The molecule has 1 heterocycles. The van der Waals surface area contributed by atoms with E-state index in [1.807, 2.05) is 26.0 Å². The predicted octanol–water partition coefficient (Wildman–Crippen LogP) is 3.19. The SMILES string of the molecule is CC(C)C(=O)NCCNC(=O)c1c[nH]c2cc(Br)c(Br)cc12. The molecule has 0 atom stereocenters. The molecule has 2 amide bonds. The Morgan fingerprint density at radius 1 is 1.14 bits per heavy atom. The number of halogens is 2. The Balaban J connectivity index is 1.99. The molecule has 22 heavy (non-hydrogen) atoms. The normalized spacial score (nSPS) is 11.0. The van der Waals surface area contributed by atoms with Gasteiger partial charge >= 0.3 is 0 Å². The number of H-pyrrole nitrogens is 1. The number of carbonyl (C=O) groups excluding carboxylic acids is 2. The maximum absolute atomic E-state index is 12.2. The number of carbonyl (C=O) groups is 2. The Bertz CT molecular complexity index is 710. The number of nitrogens with one attached hydrogen (secondary N) is 3. The van der Waals surface area contributed by atoms with Gasteiger partial charge in [-0.1, -0.05) is 13.8 Å². The molecule has 3 N–H and O–H groups in total. The first-order valence-electron chi connectivity index (χ1n) is 6.92. The zero-order chi connectivity index (χ0) is 16.3. The molecule has 118 valence electrons. The first-order chi connectivity index (χ1) is 10.4. The van der Waals surface area contributed by atoms with E-state index in [1.54, 1.807) is 6.20 Å². The fourth-order valence-electron chi connectivity index (χ4n) is 1.97. The van der Waals surface area contributed by atoms with Gasteiger partial charge in [-0.25, -0.2) is 0 Å². The van der Waals surface area contributed by atoms with E-state index in [4.69, 9.17) is 0 Å². The maximum atomic E-state index is 12.2. The average Bonchev–Trinajstić information content (AvgIpc) is 2.86. The molecule has 0 spiro atoms. The van der Waals surface area contributed by atoms with Crippen molar-refractivity contribution in [3.05, 3.63) is 32.8 Å². The van der Waals surface area contributed by atoms with Gasteiger partial charge in [0.2, 0.25) is 5.91 Å². The first kappa shape index (κ1) is 17.0. The van der Waals surface area contributed by atoms with Crippen molar-refractivity contribution in [3.63, 3.8) is 0 Å². The van der Waals surface area contributed by atoms with Crippen molar-refractivity contribution < 1.29 is 9.59 Å². The summed E-state index contributed by atoms with van der Waals surface area (Å²) in [5.41, 5.74) is 1.46. The van der Waals surface area contributed by atoms with Crippen molar-refractivity contribution in [1.82, 2.24) is 15.6 Å². The highest BCUT2D eigenvalue weighted by Crippen LogP contribution is 2.29. The monoisotopic (exact) mass is 429 g/mol. The quantitative estimate of drug-likeness (QED) is 0.637. The van der Waals surface area contributed by atoms with E-state index in [-0.39, 0.29) is 17.7 Å². The third kappa shape index (κ3) is 3.89. The first-order valence-corrected chi connectivity index (χ1v) is 8.50. The van der Waals surface area contributed by atoms with Gasteiger partial charge in [-0.3, -0.25) is 9.59 Å².